The molecule has 0 aliphatic heterocycles. The molecule has 0 bridgehead atoms. The zero-order valence-corrected chi connectivity index (χ0v) is 9.59. The molecule has 0 aliphatic rings. The van der Waals surface area contributed by atoms with Gasteiger partial charge in [-0.05, 0) is 18.6 Å². The predicted octanol–water partition coefficient (Wildman–Crippen LogP) is 1.96. The number of hydrogen-bond donors (Lipinski definition) is 0. The van der Waals surface area contributed by atoms with Crippen LogP contribution in [0.3, 0.4) is 0 Å². The van der Waals surface area contributed by atoms with E-state index in [1.54, 1.807) is 0 Å². The van der Waals surface area contributed by atoms with Crippen molar-refractivity contribution in [1.82, 2.24) is 0 Å². The van der Waals surface area contributed by atoms with Crippen LogP contribution >= 0.6 is 11.6 Å². The summed E-state index contributed by atoms with van der Waals surface area (Å²) in [7, 11) is -3.46. The first-order chi connectivity index (χ1) is 6.73. The summed E-state index contributed by atoms with van der Waals surface area (Å²) < 4.78 is 22.4. The first-order valence-electron chi connectivity index (χ1n) is 3.88. The number of hydrogen-bond acceptors (Lipinski definition) is 4. The number of rotatable bonds is 2. The van der Waals surface area contributed by atoms with Crippen molar-refractivity contribution in [1.29, 1.82) is 0 Å². The Kier molecular flexibility index (Phi) is 3.01. The zero-order chi connectivity index (χ0) is 11.8. The average molecular weight is 250 g/mol. The largest absolute Gasteiger partial charge is 0.289 e. The summed E-state index contributed by atoms with van der Waals surface area (Å²) in [5.41, 5.74) is -0.0246. The molecule has 0 spiro atoms. The van der Waals surface area contributed by atoms with E-state index in [1.807, 2.05) is 0 Å². The molecule has 0 unspecified atom stereocenters. The Balaban J connectivity index is 3.57. The second-order valence-corrected chi connectivity index (χ2v) is 5.50. The maximum absolute atomic E-state index is 11.2. The van der Waals surface area contributed by atoms with Crippen LogP contribution in [0.2, 0.25) is 5.02 Å². The van der Waals surface area contributed by atoms with Gasteiger partial charge in [-0.3, -0.25) is 10.1 Å². The van der Waals surface area contributed by atoms with Gasteiger partial charge in [0.2, 0.25) is 0 Å². The SMILES string of the molecule is Cc1cc(S(C)(=O)=O)cc([N+](=O)[O-])c1Cl. The van der Waals surface area contributed by atoms with Crippen LogP contribution in [0.15, 0.2) is 17.0 Å². The summed E-state index contributed by atoms with van der Waals surface area (Å²) in [6.07, 6.45) is 0.986. The third-order valence-electron chi connectivity index (χ3n) is 1.83. The number of nitrogens with zero attached hydrogens (tertiary/aromatic N) is 1. The molecule has 1 rings (SSSR count). The van der Waals surface area contributed by atoms with Crippen molar-refractivity contribution < 1.29 is 13.3 Å². The average Bonchev–Trinajstić information content (AvgIpc) is 2.06. The number of benzene rings is 1. The molecule has 1 aromatic rings. The molecule has 0 radical (unpaired) electrons. The van der Waals surface area contributed by atoms with Crippen LogP contribution < -0.4 is 0 Å². The Bertz CT molecular complexity index is 524. The standard InChI is InChI=1S/C8H8ClNO4S/c1-5-3-6(15(2,13)14)4-7(8(5)9)10(11)12/h3-4H,1-2H3. The molecule has 0 saturated carbocycles. The van der Waals surface area contributed by atoms with E-state index in [4.69, 9.17) is 11.6 Å². The second-order valence-electron chi connectivity index (χ2n) is 3.10. The third kappa shape index (κ3) is 2.45. The first-order valence-corrected chi connectivity index (χ1v) is 6.15. The van der Waals surface area contributed by atoms with Crippen LogP contribution in [-0.2, 0) is 9.84 Å². The van der Waals surface area contributed by atoms with Crippen LogP contribution in [-0.4, -0.2) is 19.6 Å². The Morgan fingerprint density at radius 1 is 1.40 bits per heavy atom. The molecule has 0 aliphatic carbocycles. The minimum Gasteiger partial charge on any atom is -0.258 e. The lowest BCUT2D eigenvalue weighted by Crippen LogP contribution is -2.00. The highest BCUT2D eigenvalue weighted by Gasteiger charge is 2.19. The van der Waals surface area contributed by atoms with E-state index in [0.717, 1.165) is 12.3 Å². The van der Waals surface area contributed by atoms with Gasteiger partial charge in [-0.15, -0.1) is 0 Å². The lowest BCUT2D eigenvalue weighted by atomic mass is 10.2. The van der Waals surface area contributed by atoms with Crippen LogP contribution in [0.4, 0.5) is 5.69 Å². The van der Waals surface area contributed by atoms with Gasteiger partial charge in [0.25, 0.3) is 5.69 Å². The van der Waals surface area contributed by atoms with E-state index in [-0.39, 0.29) is 9.92 Å². The van der Waals surface area contributed by atoms with Crippen LogP contribution in [0.1, 0.15) is 5.56 Å². The molecule has 0 saturated heterocycles. The minimum absolute atomic E-state index is 0.0348. The first kappa shape index (κ1) is 11.9. The normalized spacial score (nSPS) is 11.4. The number of aryl methyl sites for hydroxylation is 1. The lowest BCUT2D eigenvalue weighted by molar-refractivity contribution is -0.385. The van der Waals surface area contributed by atoms with Crippen LogP contribution in [0.25, 0.3) is 0 Å². The molecule has 0 heterocycles. The Labute approximate surface area is 91.7 Å². The number of halogens is 1. The molecule has 5 nitrogen and oxygen atoms in total. The molecule has 1 aromatic carbocycles. The summed E-state index contributed by atoms with van der Waals surface area (Å²) in [6.45, 7) is 1.52. The van der Waals surface area contributed by atoms with Gasteiger partial charge >= 0.3 is 0 Å². The van der Waals surface area contributed by atoms with Gasteiger partial charge in [-0.2, -0.15) is 0 Å². The van der Waals surface area contributed by atoms with Gasteiger partial charge in [0.05, 0.1) is 9.82 Å². The van der Waals surface area contributed by atoms with Crippen molar-refractivity contribution in [3.63, 3.8) is 0 Å². The van der Waals surface area contributed by atoms with Crippen molar-refractivity contribution in [2.75, 3.05) is 6.26 Å². The summed E-state index contributed by atoms with van der Waals surface area (Å²) in [5.74, 6) is 0. The summed E-state index contributed by atoms with van der Waals surface area (Å²) in [6, 6.07) is 2.27. The van der Waals surface area contributed by atoms with E-state index in [2.05, 4.69) is 0 Å². The molecular formula is C8H8ClNO4S. The molecule has 7 heteroatoms. The smallest absolute Gasteiger partial charge is 0.258 e. The second kappa shape index (κ2) is 3.79. The van der Waals surface area contributed by atoms with Gasteiger partial charge in [0, 0.05) is 12.3 Å². The topological polar surface area (TPSA) is 77.3 Å². The van der Waals surface area contributed by atoms with E-state index in [0.29, 0.717) is 5.56 Å². The summed E-state index contributed by atoms with van der Waals surface area (Å²) in [4.78, 5) is 9.77. The van der Waals surface area contributed by atoms with E-state index in [9.17, 15) is 18.5 Å². The van der Waals surface area contributed by atoms with Crippen molar-refractivity contribution in [3.8, 4) is 0 Å². The number of nitro benzene ring substituents is 1. The quantitative estimate of drug-likeness (QED) is 0.593. The highest BCUT2D eigenvalue weighted by atomic mass is 35.5. The van der Waals surface area contributed by atoms with Crippen molar-refractivity contribution in [3.05, 3.63) is 32.8 Å². The highest BCUT2D eigenvalue weighted by Crippen LogP contribution is 2.30. The van der Waals surface area contributed by atoms with Gasteiger partial charge in [-0.1, -0.05) is 11.6 Å². The Morgan fingerprint density at radius 2 is 1.93 bits per heavy atom. The van der Waals surface area contributed by atoms with E-state index in [1.165, 1.54) is 13.0 Å². The molecule has 0 aromatic heterocycles. The fourth-order valence-corrected chi connectivity index (χ4v) is 1.96. The predicted molar refractivity (Wildman–Crippen MR) is 56.0 cm³/mol. The Morgan fingerprint density at radius 3 is 2.33 bits per heavy atom. The maximum atomic E-state index is 11.2. The minimum atomic E-state index is -3.46. The fourth-order valence-electron chi connectivity index (χ4n) is 1.07. The summed E-state index contributed by atoms with van der Waals surface area (Å²) in [5, 5.41) is 10.5. The Hall–Kier alpha value is -1.14. The highest BCUT2D eigenvalue weighted by molar-refractivity contribution is 7.90. The molecule has 0 fully saturated rings. The monoisotopic (exact) mass is 249 g/mol. The van der Waals surface area contributed by atoms with Gasteiger partial charge in [-0.25, -0.2) is 8.42 Å². The van der Waals surface area contributed by atoms with Crippen LogP contribution in [0.5, 0.6) is 0 Å². The van der Waals surface area contributed by atoms with Crippen molar-refractivity contribution >= 4 is 27.1 Å². The van der Waals surface area contributed by atoms with Crippen molar-refractivity contribution in [2.45, 2.75) is 11.8 Å². The van der Waals surface area contributed by atoms with E-state index >= 15 is 0 Å². The van der Waals surface area contributed by atoms with E-state index < -0.39 is 20.4 Å². The molecule has 82 valence electrons. The molecule has 0 amide bonds. The van der Waals surface area contributed by atoms with Crippen molar-refractivity contribution in [2.24, 2.45) is 0 Å². The number of sulfone groups is 1. The molecule has 15 heavy (non-hydrogen) atoms. The zero-order valence-electron chi connectivity index (χ0n) is 8.02. The molecular weight excluding hydrogens is 242 g/mol. The maximum Gasteiger partial charge on any atom is 0.289 e. The summed E-state index contributed by atoms with van der Waals surface area (Å²) >= 11 is 5.67. The van der Waals surface area contributed by atoms with Gasteiger partial charge < -0.3 is 0 Å². The van der Waals surface area contributed by atoms with Gasteiger partial charge in [0.15, 0.2) is 9.84 Å². The fraction of sp³-hybridized carbons (Fsp3) is 0.250. The van der Waals surface area contributed by atoms with Crippen LogP contribution in [0, 0.1) is 17.0 Å². The number of nitro groups is 1. The third-order valence-corrected chi connectivity index (χ3v) is 3.42. The lowest BCUT2D eigenvalue weighted by Gasteiger charge is -2.03. The molecule has 0 N–H and O–H groups in total. The van der Waals surface area contributed by atoms with Gasteiger partial charge in [0.1, 0.15) is 5.02 Å². The molecule has 0 atom stereocenters.